The lowest BCUT2D eigenvalue weighted by atomic mass is 10.2. The molecule has 1 amide bonds. The van der Waals surface area contributed by atoms with Crippen molar-refractivity contribution in [3.05, 3.63) is 29.6 Å². The first kappa shape index (κ1) is 10.7. The van der Waals surface area contributed by atoms with E-state index in [1.807, 2.05) is 0 Å². The zero-order valence-corrected chi connectivity index (χ0v) is 7.73. The van der Waals surface area contributed by atoms with E-state index in [9.17, 15) is 9.59 Å². The Morgan fingerprint density at radius 2 is 2.27 bits per heavy atom. The van der Waals surface area contributed by atoms with Crippen LogP contribution in [0.1, 0.15) is 22.5 Å². The highest BCUT2D eigenvalue weighted by atomic mass is 16.4. The molecule has 0 unspecified atom stereocenters. The van der Waals surface area contributed by atoms with Crippen molar-refractivity contribution in [1.82, 2.24) is 4.98 Å². The summed E-state index contributed by atoms with van der Waals surface area (Å²) < 4.78 is 0. The van der Waals surface area contributed by atoms with Crippen LogP contribution >= 0.6 is 0 Å². The average Bonchev–Trinajstić information content (AvgIpc) is 2.17. The van der Waals surface area contributed by atoms with E-state index < -0.39 is 11.9 Å². The molecule has 0 spiro atoms. The lowest BCUT2D eigenvalue weighted by molar-refractivity contribution is -0.117. The number of nitrogens with two attached hydrogens (primary N) is 1. The first-order chi connectivity index (χ1) is 7.11. The highest BCUT2D eigenvalue weighted by Crippen LogP contribution is 2.03. The third-order valence-electron chi connectivity index (χ3n) is 1.51. The molecule has 15 heavy (non-hydrogen) atoms. The molecular weight excluding hydrogens is 196 g/mol. The summed E-state index contributed by atoms with van der Waals surface area (Å²) >= 11 is 0. The van der Waals surface area contributed by atoms with E-state index in [2.05, 4.69) is 16.8 Å². The molecule has 0 fully saturated rings. The maximum Gasteiger partial charge on any atom is 0.338 e. The van der Waals surface area contributed by atoms with Gasteiger partial charge in [0.1, 0.15) is 5.69 Å². The van der Waals surface area contributed by atoms with Gasteiger partial charge in [-0.3, -0.25) is 4.79 Å². The zero-order valence-electron chi connectivity index (χ0n) is 7.73. The van der Waals surface area contributed by atoms with Crippen molar-refractivity contribution < 1.29 is 14.7 Å². The van der Waals surface area contributed by atoms with E-state index >= 15 is 0 Å². The number of nitrogens with zero attached hydrogens (tertiary/aromatic N) is 1. The Morgan fingerprint density at radius 3 is 2.87 bits per heavy atom. The summed E-state index contributed by atoms with van der Waals surface area (Å²) in [4.78, 5) is 24.9. The molecule has 76 valence electrons. The molecule has 0 saturated heterocycles. The quantitative estimate of drug-likeness (QED) is 0.663. The summed E-state index contributed by atoms with van der Waals surface area (Å²) in [5.41, 5.74) is 5.02. The number of carboxylic acid groups (broad SMARTS) is 1. The fourth-order valence-corrected chi connectivity index (χ4v) is 0.893. The van der Waals surface area contributed by atoms with Gasteiger partial charge in [0.15, 0.2) is 0 Å². The van der Waals surface area contributed by atoms with E-state index in [0.29, 0.717) is 0 Å². The van der Waals surface area contributed by atoms with Crippen molar-refractivity contribution in [2.75, 3.05) is 0 Å². The van der Waals surface area contributed by atoms with Crippen LogP contribution in [0.2, 0.25) is 0 Å². The largest absolute Gasteiger partial charge is 0.478 e. The van der Waals surface area contributed by atoms with Crippen LogP contribution in [0.4, 0.5) is 0 Å². The Bertz CT molecular complexity index is 457. The third-order valence-corrected chi connectivity index (χ3v) is 1.51. The number of amides is 1. The molecule has 5 heteroatoms. The Hall–Kier alpha value is -2.35. The number of rotatable bonds is 2. The van der Waals surface area contributed by atoms with Gasteiger partial charge >= 0.3 is 5.97 Å². The second kappa shape index (κ2) is 4.77. The predicted molar refractivity (Wildman–Crippen MR) is 51.9 cm³/mol. The van der Waals surface area contributed by atoms with Crippen LogP contribution in [-0.2, 0) is 4.79 Å². The van der Waals surface area contributed by atoms with E-state index in [1.54, 1.807) is 0 Å². The van der Waals surface area contributed by atoms with Crippen molar-refractivity contribution in [2.24, 2.45) is 5.73 Å². The molecule has 0 aliphatic heterocycles. The summed E-state index contributed by atoms with van der Waals surface area (Å²) in [5, 5.41) is 8.77. The van der Waals surface area contributed by atoms with Crippen molar-refractivity contribution >= 4 is 11.9 Å². The van der Waals surface area contributed by atoms with Crippen molar-refractivity contribution in [3.8, 4) is 11.8 Å². The summed E-state index contributed by atoms with van der Waals surface area (Å²) in [5.74, 6) is 3.26. The van der Waals surface area contributed by atoms with Crippen LogP contribution in [0, 0.1) is 11.8 Å². The van der Waals surface area contributed by atoms with Crippen LogP contribution in [0.3, 0.4) is 0 Å². The number of pyridine rings is 1. The van der Waals surface area contributed by atoms with Crippen LogP contribution in [0.25, 0.3) is 0 Å². The first-order valence-corrected chi connectivity index (χ1v) is 4.06. The molecule has 0 atom stereocenters. The van der Waals surface area contributed by atoms with Gasteiger partial charge in [-0.05, 0) is 18.1 Å². The van der Waals surface area contributed by atoms with Gasteiger partial charge in [-0.25, -0.2) is 9.78 Å². The topological polar surface area (TPSA) is 93.3 Å². The molecule has 5 nitrogen and oxygen atoms in total. The molecular formula is C10H8N2O3. The molecule has 1 rings (SSSR count). The summed E-state index contributed by atoms with van der Waals surface area (Å²) in [7, 11) is 0. The normalized spacial score (nSPS) is 8.80. The Morgan fingerprint density at radius 1 is 1.53 bits per heavy atom. The number of carboxylic acids is 1. The molecule has 1 heterocycles. The molecule has 0 aliphatic rings. The maximum atomic E-state index is 10.7. The standard InChI is InChI=1S/C10H8N2O3/c11-9(13)5-1-4-8-7(10(14)15)3-2-6-12-8/h2-3,6H,5H2,(H2,11,13)(H,14,15). The second-order valence-electron chi connectivity index (χ2n) is 2.65. The molecule has 0 saturated carbocycles. The molecule has 1 aromatic heterocycles. The van der Waals surface area contributed by atoms with Gasteiger partial charge in [0.25, 0.3) is 0 Å². The average molecular weight is 204 g/mol. The van der Waals surface area contributed by atoms with Crippen molar-refractivity contribution in [2.45, 2.75) is 6.42 Å². The summed E-state index contributed by atoms with van der Waals surface area (Å²) in [6, 6.07) is 2.90. The third kappa shape index (κ3) is 3.12. The van der Waals surface area contributed by atoms with Gasteiger partial charge in [0, 0.05) is 6.20 Å². The number of hydrogen-bond acceptors (Lipinski definition) is 3. The van der Waals surface area contributed by atoms with E-state index in [4.69, 9.17) is 10.8 Å². The minimum Gasteiger partial charge on any atom is -0.478 e. The molecule has 3 N–H and O–H groups in total. The van der Waals surface area contributed by atoms with Crippen LogP contribution < -0.4 is 5.73 Å². The van der Waals surface area contributed by atoms with E-state index in [1.165, 1.54) is 18.3 Å². The van der Waals surface area contributed by atoms with Crippen molar-refractivity contribution in [1.29, 1.82) is 0 Å². The van der Waals surface area contributed by atoms with Gasteiger partial charge in [-0.2, -0.15) is 0 Å². The van der Waals surface area contributed by atoms with E-state index in [0.717, 1.165) is 0 Å². The first-order valence-electron chi connectivity index (χ1n) is 4.06. The number of hydrogen-bond donors (Lipinski definition) is 2. The fraction of sp³-hybridized carbons (Fsp3) is 0.100. The van der Waals surface area contributed by atoms with Gasteiger partial charge in [0.05, 0.1) is 12.0 Å². The zero-order chi connectivity index (χ0) is 11.3. The van der Waals surface area contributed by atoms with Crippen LogP contribution in [-0.4, -0.2) is 22.0 Å². The van der Waals surface area contributed by atoms with Crippen LogP contribution in [0.5, 0.6) is 0 Å². The Labute approximate surface area is 85.9 Å². The Kier molecular flexibility index (Phi) is 3.41. The SMILES string of the molecule is NC(=O)CC#Cc1ncccc1C(=O)O. The Balaban J connectivity index is 2.97. The molecule has 0 aliphatic carbocycles. The summed E-state index contributed by atoms with van der Waals surface area (Å²) in [6.45, 7) is 0. The predicted octanol–water partition coefficient (Wildman–Crippen LogP) is 0.00670. The summed E-state index contributed by atoms with van der Waals surface area (Å²) in [6.07, 6.45) is 1.32. The smallest absolute Gasteiger partial charge is 0.338 e. The fourth-order valence-electron chi connectivity index (χ4n) is 0.893. The van der Waals surface area contributed by atoms with Gasteiger partial charge in [-0.1, -0.05) is 5.92 Å². The second-order valence-corrected chi connectivity index (χ2v) is 2.65. The number of aromatic nitrogens is 1. The highest BCUT2D eigenvalue weighted by Gasteiger charge is 2.07. The van der Waals surface area contributed by atoms with Crippen molar-refractivity contribution in [3.63, 3.8) is 0 Å². The molecule has 1 aromatic rings. The minimum absolute atomic E-state index is 0.00877. The molecule has 0 bridgehead atoms. The van der Waals surface area contributed by atoms with Gasteiger partial charge < -0.3 is 10.8 Å². The van der Waals surface area contributed by atoms with E-state index in [-0.39, 0.29) is 17.7 Å². The maximum absolute atomic E-state index is 10.7. The van der Waals surface area contributed by atoms with Crippen LogP contribution in [0.15, 0.2) is 18.3 Å². The monoisotopic (exact) mass is 204 g/mol. The highest BCUT2D eigenvalue weighted by molar-refractivity contribution is 5.90. The molecule has 0 aromatic carbocycles. The molecule has 0 radical (unpaired) electrons. The lowest BCUT2D eigenvalue weighted by Gasteiger charge is -1.95. The lowest BCUT2D eigenvalue weighted by Crippen LogP contribution is -2.08. The van der Waals surface area contributed by atoms with Gasteiger partial charge in [0.2, 0.25) is 5.91 Å². The number of primary amides is 1. The number of aromatic carboxylic acids is 1. The van der Waals surface area contributed by atoms with Gasteiger partial charge in [-0.15, -0.1) is 0 Å². The number of carbonyl (C=O) groups is 2. The number of carbonyl (C=O) groups excluding carboxylic acids is 1. The minimum atomic E-state index is -1.11.